The van der Waals surface area contributed by atoms with Gasteiger partial charge in [-0.2, -0.15) is 11.8 Å². The standard InChI is InChI=1S/C10H19NO4S/c1-10(2,8(11)9(12)13)16-5-7-3-4-14-6-15-7/h7-8H,3-6,11H2,1-2H3,(H,12,13)/t7?,8-/m1/s1. The molecule has 3 N–H and O–H groups in total. The highest BCUT2D eigenvalue weighted by molar-refractivity contribution is 8.00. The van der Waals surface area contributed by atoms with Gasteiger partial charge in [-0.25, -0.2) is 0 Å². The van der Waals surface area contributed by atoms with Gasteiger partial charge in [-0.3, -0.25) is 4.79 Å². The number of ether oxygens (including phenoxy) is 2. The van der Waals surface area contributed by atoms with Gasteiger partial charge in [0.1, 0.15) is 12.8 Å². The maximum absolute atomic E-state index is 10.8. The van der Waals surface area contributed by atoms with E-state index in [9.17, 15) is 4.79 Å². The zero-order chi connectivity index (χ0) is 12.2. The number of hydrogen-bond donors (Lipinski definition) is 2. The van der Waals surface area contributed by atoms with E-state index in [1.165, 1.54) is 11.8 Å². The average molecular weight is 249 g/mol. The molecule has 1 aliphatic rings. The molecule has 0 spiro atoms. The molecule has 1 saturated heterocycles. The summed E-state index contributed by atoms with van der Waals surface area (Å²) in [7, 11) is 0. The van der Waals surface area contributed by atoms with Gasteiger partial charge in [-0.15, -0.1) is 0 Å². The summed E-state index contributed by atoms with van der Waals surface area (Å²) in [6, 6.07) is -0.864. The van der Waals surface area contributed by atoms with Crippen LogP contribution in [0.1, 0.15) is 20.3 Å². The molecule has 0 aromatic heterocycles. The lowest BCUT2D eigenvalue weighted by atomic mass is 10.1. The van der Waals surface area contributed by atoms with E-state index >= 15 is 0 Å². The number of thioether (sulfide) groups is 1. The normalized spacial score (nSPS) is 24.1. The van der Waals surface area contributed by atoms with Crippen LogP contribution in [0.25, 0.3) is 0 Å². The van der Waals surface area contributed by atoms with E-state index in [1.807, 2.05) is 13.8 Å². The first-order chi connectivity index (χ1) is 7.43. The Bertz CT molecular complexity index is 241. The molecule has 1 aliphatic heterocycles. The summed E-state index contributed by atoms with van der Waals surface area (Å²) in [6.45, 7) is 4.72. The maximum atomic E-state index is 10.8. The maximum Gasteiger partial charge on any atom is 0.321 e. The fourth-order valence-electron chi connectivity index (χ4n) is 1.33. The van der Waals surface area contributed by atoms with Crippen LogP contribution < -0.4 is 5.73 Å². The van der Waals surface area contributed by atoms with Crippen molar-refractivity contribution in [1.82, 2.24) is 0 Å². The molecule has 5 nitrogen and oxygen atoms in total. The Morgan fingerprint density at radius 2 is 2.38 bits per heavy atom. The summed E-state index contributed by atoms with van der Waals surface area (Å²) in [5.74, 6) is -0.220. The van der Waals surface area contributed by atoms with E-state index in [4.69, 9.17) is 20.3 Å². The third-order valence-electron chi connectivity index (χ3n) is 2.63. The molecule has 1 rings (SSSR count). The molecule has 1 unspecified atom stereocenters. The second-order valence-corrected chi connectivity index (χ2v) is 6.01. The van der Waals surface area contributed by atoms with Crippen molar-refractivity contribution in [3.8, 4) is 0 Å². The van der Waals surface area contributed by atoms with Crippen molar-refractivity contribution in [3.63, 3.8) is 0 Å². The predicted molar refractivity (Wildman–Crippen MR) is 62.5 cm³/mol. The molecule has 0 aromatic rings. The minimum Gasteiger partial charge on any atom is -0.480 e. The van der Waals surface area contributed by atoms with Gasteiger partial charge >= 0.3 is 5.97 Å². The highest BCUT2D eigenvalue weighted by Gasteiger charge is 2.33. The van der Waals surface area contributed by atoms with Crippen molar-refractivity contribution >= 4 is 17.7 Å². The van der Waals surface area contributed by atoms with Crippen LogP contribution >= 0.6 is 11.8 Å². The molecule has 16 heavy (non-hydrogen) atoms. The van der Waals surface area contributed by atoms with Crippen molar-refractivity contribution in [2.75, 3.05) is 19.2 Å². The van der Waals surface area contributed by atoms with Gasteiger partial charge in [0.2, 0.25) is 0 Å². The van der Waals surface area contributed by atoms with E-state index in [1.54, 1.807) is 0 Å². The molecule has 0 radical (unpaired) electrons. The monoisotopic (exact) mass is 249 g/mol. The highest BCUT2D eigenvalue weighted by Crippen LogP contribution is 2.29. The minimum atomic E-state index is -0.967. The smallest absolute Gasteiger partial charge is 0.321 e. The van der Waals surface area contributed by atoms with Crippen LogP contribution in [0.15, 0.2) is 0 Å². The zero-order valence-corrected chi connectivity index (χ0v) is 10.5. The summed E-state index contributed by atoms with van der Waals surface area (Å²) in [6.07, 6.45) is 0.991. The zero-order valence-electron chi connectivity index (χ0n) is 9.64. The molecule has 0 aromatic carbocycles. The van der Waals surface area contributed by atoms with Gasteiger partial charge in [-0.1, -0.05) is 0 Å². The molecule has 2 atom stereocenters. The topological polar surface area (TPSA) is 81.8 Å². The lowest BCUT2D eigenvalue weighted by molar-refractivity contribution is -0.139. The van der Waals surface area contributed by atoms with Crippen LogP contribution in [-0.4, -0.2) is 47.1 Å². The van der Waals surface area contributed by atoms with Crippen molar-refractivity contribution in [3.05, 3.63) is 0 Å². The first kappa shape index (κ1) is 13.8. The molecule has 1 heterocycles. The summed E-state index contributed by atoms with van der Waals surface area (Å²) in [4.78, 5) is 10.8. The Kier molecular flexibility index (Phi) is 5.04. The Labute approximate surface area is 99.7 Å². The molecule has 94 valence electrons. The Balaban J connectivity index is 2.37. The van der Waals surface area contributed by atoms with Gasteiger partial charge in [0.05, 0.1) is 12.7 Å². The summed E-state index contributed by atoms with van der Waals surface area (Å²) < 4.78 is 9.96. The number of nitrogens with two attached hydrogens (primary N) is 1. The number of hydrogen-bond acceptors (Lipinski definition) is 5. The lowest BCUT2D eigenvalue weighted by Crippen LogP contribution is -2.47. The molecule has 0 aliphatic carbocycles. The average Bonchev–Trinajstić information content (AvgIpc) is 2.27. The van der Waals surface area contributed by atoms with Crippen LogP contribution in [0.4, 0.5) is 0 Å². The number of carbonyl (C=O) groups is 1. The molecule has 6 heteroatoms. The molecule has 0 bridgehead atoms. The third-order valence-corrected chi connectivity index (χ3v) is 4.16. The van der Waals surface area contributed by atoms with Crippen molar-refractivity contribution in [2.24, 2.45) is 5.73 Å². The van der Waals surface area contributed by atoms with Crippen molar-refractivity contribution in [2.45, 2.75) is 37.2 Å². The first-order valence-electron chi connectivity index (χ1n) is 5.25. The fourth-order valence-corrected chi connectivity index (χ4v) is 2.49. The summed E-state index contributed by atoms with van der Waals surface area (Å²) in [5.41, 5.74) is 5.62. The van der Waals surface area contributed by atoms with Gasteiger partial charge in [0.15, 0.2) is 0 Å². The van der Waals surface area contributed by atoms with E-state index in [2.05, 4.69) is 0 Å². The third kappa shape index (κ3) is 3.93. The molecule has 0 saturated carbocycles. The fraction of sp³-hybridized carbons (Fsp3) is 0.900. The Morgan fingerprint density at radius 3 is 2.88 bits per heavy atom. The van der Waals surface area contributed by atoms with E-state index in [-0.39, 0.29) is 6.10 Å². The van der Waals surface area contributed by atoms with E-state index in [0.29, 0.717) is 13.4 Å². The number of carboxylic acids is 1. The molecule has 0 amide bonds. The SMILES string of the molecule is CC(C)(SCC1CCOCO1)[C@H](N)C(=O)O. The number of rotatable bonds is 5. The summed E-state index contributed by atoms with van der Waals surface area (Å²) in [5, 5.41) is 8.87. The van der Waals surface area contributed by atoms with Gasteiger partial charge in [0, 0.05) is 10.5 Å². The quantitative estimate of drug-likeness (QED) is 0.745. The van der Waals surface area contributed by atoms with E-state index < -0.39 is 16.8 Å². The molecule has 1 fully saturated rings. The van der Waals surface area contributed by atoms with Crippen LogP contribution in [0, 0.1) is 0 Å². The Morgan fingerprint density at radius 1 is 1.69 bits per heavy atom. The second kappa shape index (κ2) is 5.86. The van der Waals surface area contributed by atoms with Crippen molar-refractivity contribution in [1.29, 1.82) is 0 Å². The van der Waals surface area contributed by atoms with Gasteiger partial charge in [0.25, 0.3) is 0 Å². The van der Waals surface area contributed by atoms with Gasteiger partial charge in [-0.05, 0) is 20.3 Å². The lowest BCUT2D eigenvalue weighted by Gasteiger charge is -2.31. The van der Waals surface area contributed by atoms with Gasteiger partial charge < -0.3 is 20.3 Å². The largest absolute Gasteiger partial charge is 0.480 e. The number of aliphatic carboxylic acids is 1. The van der Waals surface area contributed by atoms with Crippen LogP contribution in [0.5, 0.6) is 0 Å². The van der Waals surface area contributed by atoms with Crippen LogP contribution in [-0.2, 0) is 14.3 Å². The summed E-state index contributed by atoms with van der Waals surface area (Å²) >= 11 is 1.54. The number of carboxylic acid groups (broad SMARTS) is 1. The second-order valence-electron chi connectivity index (χ2n) is 4.33. The molecular formula is C10H19NO4S. The van der Waals surface area contributed by atoms with Crippen molar-refractivity contribution < 1.29 is 19.4 Å². The van der Waals surface area contributed by atoms with Crippen LogP contribution in [0.2, 0.25) is 0 Å². The minimum absolute atomic E-state index is 0.138. The molecular weight excluding hydrogens is 230 g/mol. The first-order valence-corrected chi connectivity index (χ1v) is 6.24. The van der Waals surface area contributed by atoms with E-state index in [0.717, 1.165) is 12.2 Å². The highest BCUT2D eigenvalue weighted by atomic mass is 32.2. The van der Waals surface area contributed by atoms with Crippen LogP contribution in [0.3, 0.4) is 0 Å². The Hall–Kier alpha value is -0.300. The predicted octanol–water partition coefficient (Wildman–Crippen LogP) is 0.673.